The summed E-state index contributed by atoms with van der Waals surface area (Å²) in [7, 11) is -3.63. The molecule has 1 unspecified atom stereocenters. The van der Waals surface area contributed by atoms with E-state index in [1.54, 1.807) is 29.3 Å². The van der Waals surface area contributed by atoms with Gasteiger partial charge in [0.15, 0.2) is 0 Å². The summed E-state index contributed by atoms with van der Waals surface area (Å²) in [5.41, 5.74) is 0.748. The van der Waals surface area contributed by atoms with Crippen LogP contribution in [0.4, 0.5) is 0 Å². The van der Waals surface area contributed by atoms with Crippen molar-refractivity contribution in [3.05, 3.63) is 36.4 Å². The van der Waals surface area contributed by atoms with E-state index in [4.69, 9.17) is 9.47 Å². The number of nitrogens with zero attached hydrogens (tertiary/aromatic N) is 3. The molecule has 1 saturated heterocycles. The van der Waals surface area contributed by atoms with Crippen molar-refractivity contribution in [1.29, 1.82) is 0 Å². The first-order valence-electron chi connectivity index (χ1n) is 9.26. The van der Waals surface area contributed by atoms with Crippen LogP contribution in [0.25, 0.3) is 0 Å². The van der Waals surface area contributed by atoms with Gasteiger partial charge in [-0.15, -0.1) is 0 Å². The number of hydrogen-bond acceptors (Lipinski definition) is 6. The summed E-state index contributed by atoms with van der Waals surface area (Å²) in [5.74, 6) is 1.60. The Balaban J connectivity index is 1.37. The minimum absolute atomic E-state index is 0.134. The van der Waals surface area contributed by atoms with Gasteiger partial charge in [0.1, 0.15) is 10.6 Å². The number of nitrogens with one attached hydrogen (secondary N) is 1. The van der Waals surface area contributed by atoms with Gasteiger partial charge in [-0.3, -0.25) is 9.67 Å². The number of rotatable bonds is 9. The molecule has 3 heterocycles. The minimum atomic E-state index is -3.63. The second-order valence-electron chi connectivity index (χ2n) is 7.19. The minimum Gasteiger partial charge on any atom is -0.491 e. The Hall–Kier alpha value is -1.97. The smallest absolute Gasteiger partial charge is 0.243 e. The monoisotopic (exact) mass is 392 g/mol. The summed E-state index contributed by atoms with van der Waals surface area (Å²) < 4.78 is 40.7. The van der Waals surface area contributed by atoms with Gasteiger partial charge >= 0.3 is 0 Å². The highest BCUT2D eigenvalue weighted by Crippen LogP contribution is 2.30. The molecule has 146 valence electrons. The maximum Gasteiger partial charge on any atom is 0.243 e. The van der Waals surface area contributed by atoms with Gasteiger partial charge in [0.2, 0.25) is 10.0 Å². The van der Waals surface area contributed by atoms with Crippen LogP contribution in [-0.4, -0.2) is 43.0 Å². The van der Waals surface area contributed by atoms with E-state index < -0.39 is 10.0 Å². The van der Waals surface area contributed by atoms with Gasteiger partial charge in [-0.25, -0.2) is 13.1 Å². The molecule has 2 aliphatic rings. The van der Waals surface area contributed by atoms with E-state index in [1.807, 2.05) is 0 Å². The van der Waals surface area contributed by atoms with Gasteiger partial charge in [0, 0.05) is 43.6 Å². The molecule has 0 aromatic carbocycles. The number of hydrogen-bond donors (Lipinski definition) is 1. The number of sulfonamides is 1. The lowest BCUT2D eigenvalue weighted by molar-refractivity contribution is 0.166. The molecular weight excluding hydrogens is 368 g/mol. The first kappa shape index (κ1) is 18.4. The maximum atomic E-state index is 12.6. The van der Waals surface area contributed by atoms with Crippen molar-refractivity contribution in [2.45, 2.75) is 37.2 Å². The summed E-state index contributed by atoms with van der Waals surface area (Å²) in [6.45, 7) is 2.92. The Morgan fingerprint density at radius 3 is 2.93 bits per heavy atom. The predicted octanol–water partition coefficient (Wildman–Crippen LogP) is 1.58. The standard InChI is InChI=1S/C18H24N4O4S/c23-27(24,17-8-20-22(11-17)10-14-1-2-14)21-7-16-3-5-19-9-18(16)26-13-15-4-6-25-12-15/h3,5,8-9,11,14-15,21H,1-2,4,6-7,10,12-13H2. The Morgan fingerprint density at radius 1 is 1.26 bits per heavy atom. The molecule has 8 nitrogen and oxygen atoms in total. The quantitative estimate of drug-likeness (QED) is 0.696. The number of aromatic nitrogens is 3. The van der Waals surface area contributed by atoms with Crippen LogP contribution in [0.15, 0.2) is 35.7 Å². The molecule has 4 rings (SSSR count). The predicted molar refractivity (Wildman–Crippen MR) is 97.6 cm³/mol. The lowest BCUT2D eigenvalue weighted by atomic mass is 10.1. The van der Waals surface area contributed by atoms with Crippen LogP contribution in [0.5, 0.6) is 5.75 Å². The fourth-order valence-corrected chi connectivity index (χ4v) is 3.97. The Kier molecular flexibility index (Phi) is 5.42. The van der Waals surface area contributed by atoms with E-state index in [2.05, 4.69) is 14.8 Å². The average molecular weight is 392 g/mol. The highest BCUT2D eigenvalue weighted by atomic mass is 32.2. The van der Waals surface area contributed by atoms with Crippen LogP contribution in [0.2, 0.25) is 0 Å². The van der Waals surface area contributed by atoms with E-state index >= 15 is 0 Å². The van der Waals surface area contributed by atoms with E-state index in [0.29, 0.717) is 30.8 Å². The molecule has 9 heteroatoms. The van der Waals surface area contributed by atoms with Gasteiger partial charge in [-0.1, -0.05) is 0 Å². The summed E-state index contributed by atoms with van der Waals surface area (Å²) in [6, 6.07) is 1.76. The van der Waals surface area contributed by atoms with Crippen molar-refractivity contribution in [3.8, 4) is 5.75 Å². The number of ether oxygens (including phenoxy) is 2. The van der Waals surface area contributed by atoms with E-state index in [0.717, 1.165) is 25.1 Å². The molecular formula is C18H24N4O4S. The summed E-state index contributed by atoms with van der Waals surface area (Å²) in [6.07, 6.45) is 9.60. The summed E-state index contributed by atoms with van der Waals surface area (Å²) in [4.78, 5) is 4.27. The van der Waals surface area contributed by atoms with Crippen LogP contribution in [-0.2, 0) is 27.8 Å². The van der Waals surface area contributed by atoms with Gasteiger partial charge in [0.25, 0.3) is 0 Å². The lowest BCUT2D eigenvalue weighted by Crippen LogP contribution is -2.23. The first-order valence-corrected chi connectivity index (χ1v) is 10.7. The molecule has 1 N–H and O–H groups in total. The van der Waals surface area contributed by atoms with Gasteiger partial charge in [-0.05, 0) is 31.2 Å². The maximum absolute atomic E-state index is 12.6. The number of pyridine rings is 1. The van der Waals surface area contributed by atoms with E-state index in [-0.39, 0.29) is 11.4 Å². The van der Waals surface area contributed by atoms with E-state index in [1.165, 1.54) is 19.0 Å². The zero-order valence-electron chi connectivity index (χ0n) is 15.1. The molecule has 2 aromatic heterocycles. The Bertz CT molecular complexity index is 873. The first-order chi connectivity index (χ1) is 13.1. The molecule has 1 aliphatic heterocycles. The third-order valence-electron chi connectivity index (χ3n) is 4.88. The van der Waals surface area contributed by atoms with Crippen LogP contribution < -0.4 is 9.46 Å². The zero-order valence-corrected chi connectivity index (χ0v) is 15.9. The molecule has 2 aromatic rings. The third kappa shape index (κ3) is 4.85. The highest BCUT2D eigenvalue weighted by Gasteiger charge is 2.24. The molecule has 0 amide bonds. The third-order valence-corrected chi connectivity index (χ3v) is 6.24. The molecule has 1 atom stereocenters. The van der Waals surface area contributed by atoms with Crippen LogP contribution in [0.3, 0.4) is 0 Å². The summed E-state index contributed by atoms with van der Waals surface area (Å²) >= 11 is 0. The van der Waals surface area contributed by atoms with Crippen molar-refractivity contribution >= 4 is 10.0 Å². The molecule has 1 saturated carbocycles. The summed E-state index contributed by atoms with van der Waals surface area (Å²) in [5, 5.41) is 4.16. The van der Waals surface area contributed by atoms with Gasteiger partial charge < -0.3 is 9.47 Å². The average Bonchev–Trinajstić information content (AvgIpc) is 3.11. The molecule has 0 radical (unpaired) electrons. The van der Waals surface area contributed by atoms with Crippen molar-refractivity contribution in [3.63, 3.8) is 0 Å². The van der Waals surface area contributed by atoms with Crippen LogP contribution in [0, 0.1) is 11.8 Å². The highest BCUT2D eigenvalue weighted by molar-refractivity contribution is 7.89. The van der Waals surface area contributed by atoms with Gasteiger partial charge in [0.05, 0.1) is 25.6 Å². The normalized spacial score (nSPS) is 20.1. The topological polar surface area (TPSA) is 95.3 Å². The van der Waals surface area contributed by atoms with Crippen molar-refractivity contribution < 1.29 is 17.9 Å². The van der Waals surface area contributed by atoms with Crippen molar-refractivity contribution in [2.24, 2.45) is 11.8 Å². The van der Waals surface area contributed by atoms with Crippen molar-refractivity contribution in [1.82, 2.24) is 19.5 Å². The second kappa shape index (κ2) is 7.95. The SMILES string of the molecule is O=S(=O)(NCc1ccncc1OCC1CCOC1)c1cnn(CC2CC2)c1. The molecule has 2 fully saturated rings. The second-order valence-corrected chi connectivity index (χ2v) is 8.96. The zero-order chi connectivity index (χ0) is 18.7. The van der Waals surface area contributed by atoms with Gasteiger partial charge in [-0.2, -0.15) is 5.10 Å². The Morgan fingerprint density at radius 2 is 2.15 bits per heavy atom. The molecule has 1 aliphatic carbocycles. The van der Waals surface area contributed by atoms with E-state index in [9.17, 15) is 8.42 Å². The fourth-order valence-electron chi connectivity index (χ4n) is 3.01. The molecule has 0 bridgehead atoms. The lowest BCUT2D eigenvalue weighted by Gasteiger charge is -2.14. The fraction of sp³-hybridized carbons (Fsp3) is 0.556. The van der Waals surface area contributed by atoms with Crippen LogP contribution in [0.1, 0.15) is 24.8 Å². The van der Waals surface area contributed by atoms with Crippen molar-refractivity contribution in [2.75, 3.05) is 19.8 Å². The molecule has 0 spiro atoms. The Labute approximate surface area is 158 Å². The largest absolute Gasteiger partial charge is 0.491 e. The molecule has 27 heavy (non-hydrogen) atoms. The van der Waals surface area contributed by atoms with Crippen LogP contribution >= 0.6 is 0 Å².